The number of carbonyl (C=O) groups excluding carboxylic acids is 3. The van der Waals surface area contributed by atoms with Crippen LogP contribution in [-0.2, 0) is 33.3 Å². The Bertz CT molecular complexity index is 1150. The second-order valence-electron chi connectivity index (χ2n) is 22.0. The first-order valence-electron chi connectivity index (χ1n) is 30.3. The van der Waals surface area contributed by atoms with E-state index in [2.05, 4.69) is 26.0 Å². The smallest absolute Gasteiger partial charge is 0.306 e. The maximum atomic E-state index is 12.9. The average molecular weight is 993 g/mol. The highest BCUT2D eigenvalue weighted by Crippen LogP contribution is 2.18. The monoisotopic (exact) mass is 992 g/mol. The molecule has 0 aliphatic heterocycles. The molecule has 0 fully saturated rings. The zero-order chi connectivity index (χ0) is 51.3. The fourth-order valence-corrected chi connectivity index (χ4v) is 9.06. The molecule has 0 bridgehead atoms. The van der Waals surface area contributed by atoms with E-state index in [0.29, 0.717) is 17.4 Å². The van der Waals surface area contributed by atoms with Gasteiger partial charge in [0.25, 0.3) is 0 Å². The summed E-state index contributed by atoms with van der Waals surface area (Å²) >= 11 is 0. The number of allylic oxidation sites excluding steroid dienone is 2. The number of unbranched alkanes of at least 4 members (excludes halogenated alkanes) is 40. The summed E-state index contributed by atoms with van der Waals surface area (Å²) in [6.45, 7) is 4.81. The molecule has 0 aromatic carbocycles. The Balaban J connectivity index is 4.15. The maximum Gasteiger partial charge on any atom is 0.306 e. The standard InChI is InChI=1S/C61H117NO8/c1-6-8-10-12-14-16-18-20-22-24-26-27-28-29-30-31-32-33-34-36-38-40-42-44-46-48-50-52-59(64)70-57(56-69-61(60(65)66)67-54-53-62(3,4)5)55-68-58(63)51-49-47-45-43-41-39-37-35-25-23-21-19-17-15-13-11-9-7-2/h24,26,57,61H,6-23,25,27-56H2,1-5H3/b26-24-. The lowest BCUT2D eigenvalue weighted by molar-refractivity contribution is -0.870. The van der Waals surface area contributed by atoms with E-state index in [4.69, 9.17) is 18.9 Å². The third-order valence-electron chi connectivity index (χ3n) is 13.8. The van der Waals surface area contributed by atoms with Gasteiger partial charge >= 0.3 is 11.9 Å². The molecule has 0 rings (SSSR count). The normalized spacial score (nSPS) is 12.8. The molecular weight excluding hydrogens is 875 g/mol. The Morgan fingerprint density at radius 2 is 0.729 bits per heavy atom. The largest absolute Gasteiger partial charge is 0.545 e. The summed E-state index contributed by atoms with van der Waals surface area (Å²) in [7, 11) is 5.94. The van der Waals surface area contributed by atoms with Gasteiger partial charge in [0, 0.05) is 12.8 Å². The van der Waals surface area contributed by atoms with Crippen molar-refractivity contribution >= 4 is 17.9 Å². The number of hydrogen-bond donors (Lipinski definition) is 0. The summed E-state index contributed by atoms with van der Waals surface area (Å²) in [4.78, 5) is 37.3. The van der Waals surface area contributed by atoms with Crippen LogP contribution < -0.4 is 5.11 Å². The Labute approximate surface area is 434 Å². The molecule has 0 spiro atoms. The molecule has 414 valence electrons. The van der Waals surface area contributed by atoms with Crippen LogP contribution in [0.2, 0.25) is 0 Å². The molecule has 70 heavy (non-hydrogen) atoms. The first kappa shape index (κ1) is 68.0. The summed E-state index contributed by atoms with van der Waals surface area (Å²) in [5.74, 6) is -2.26. The molecule has 0 aromatic rings. The molecule has 9 nitrogen and oxygen atoms in total. The summed E-state index contributed by atoms with van der Waals surface area (Å²) < 4.78 is 22.7. The third-order valence-corrected chi connectivity index (χ3v) is 13.8. The number of carboxylic acid groups (broad SMARTS) is 1. The molecule has 9 heteroatoms. The van der Waals surface area contributed by atoms with Gasteiger partial charge in [-0.15, -0.1) is 0 Å². The lowest BCUT2D eigenvalue weighted by Crippen LogP contribution is -2.44. The van der Waals surface area contributed by atoms with Crippen molar-refractivity contribution in [1.29, 1.82) is 0 Å². The minimum atomic E-state index is -1.62. The van der Waals surface area contributed by atoms with Gasteiger partial charge in [0.15, 0.2) is 12.4 Å². The second-order valence-corrected chi connectivity index (χ2v) is 22.0. The van der Waals surface area contributed by atoms with Crippen molar-refractivity contribution in [1.82, 2.24) is 0 Å². The van der Waals surface area contributed by atoms with Crippen LogP contribution in [0.1, 0.15) is 303 Å². The third kappa shape index (κ3) is 53.8. The Kier molecular flexibility index (Phi) is 51.8. The minimum absolute atomic E-state index is 0.152. The summed E-state index contributed by atoms with van der Waals surface area (Å²) in [6.07, 6.45) is 58.4. The van der Waals surface area contributed by atoms with Crippen molar-refractivity contribution in [2.45, 2.75) is 315 Å². The Hall–Kier alpha value is -1.97. The van der Waals surface area contributed by atoms with Crippen molar-refractivity contribution in [3.8, 4) is 0 Å². The van der Waals surface area contributed by atoms with Crippen LogP contribution in [0.15, 0.2) is 12.2 Å². The highest BCUT2D eigenvalue weighted by molar-refractivity contribution is 5.70. The van der Waals surface area contributed by atoms with Gasteiger partial charge in [-0.3, -0.25) is 9.59 Å². The van der Waals surface area contributed by atoms with Gasteiger partial charge in [0.2, 0.25) is 0 Å². The van der Waals surface area contributed by atoms with Crippen LogP contribution in [-0.4, -0.2) is 82.3 Å². The van der Waals surface area contributed by atoms with Crippen molar-refractivity contribution < 1.29 is 42.9 Å². The number of aliphatic carboxylic acids is 1. The van der Waals surface area contributed by atoms with Crippen molar-refractivity contribution in [3.05, 3.63) is 12.2 Å². The maximum absolute atomic E-state index is 12.9. The van der Waals surface area contributed by atoms with Gasteiger partial charge in [0.05, 0.1) is 40.3 Å². The first-order valence-corrected chi connectivity index (χ1v) is 30.3. The molecular formula is C61H117NO8. The van der Waals surface area contributed by atoms with E-state index in [-0.39, 0.29) is 32.2 Å². The lowest BCUT2D eigenvalue weighted by Gasteiger charge is -2.26. The van der Waals surface area contributed by atoms with E-state index in [9.17, 15) is 19.5 Å². The van der Waals surface area contributed by atoms with Crippen LogP contribution >= 0.6 is 0 Å². The van der Waals surface area contributed by atoms with E-state index >= 15 is 0 Å². The lowest BCUT2D eigenvalue weighted by atomic mass is 10.0. The number of esters is 2. The van der Waals surface area contributed by atoms with Crippen LogP contribution in [0, 0.1) is 0 Å². The van der Waals surface area contributed by atoms with Crippen molar-refractivity contribution in [3.63, 3.8) is 0 Å². The molecule has 0 amide bonds. The number of hydrogen-bond acceptors (Lipinski definition) is 8. The fraction of sp³-hybridized carbons (Fsp3) is 0.918. The summed E-state index contributed by atoms with van der Waals surface area (Å²) in [6, 6.07) is 0. The molecule has 0 N–H and O–H groups in total. The molecule has 0 saturated carbocycles. The number of likely N-dealkylation sites (N-methyl/N-ethyl adjacent to an activating group) is 1. The Morgan fingerprint density at radius 1 is 0.414 bits per heavy atom. The second kappa shape index (κ2) is 53.3. The number of nitrogens with zero attached hydrogens (tertiary/aromatic N) is 1. The number of carboxylic acids is 1. The first-order chi connectivity index (χ1) is 34.1. The molecule has 0 radical (unpaired) electrons. The number of quaternary nitrogens is 1. The zero-order valence-corrected chi connectivity index (χ0v) is 47.2. The highest BCUT2D eigenvalue weighted by atomic mass is 16.7. The summed E-state index contributed by atoms with van der Waals surface area (Å²) in [5, 5.41) is 11.8. The van der Waals surface area contributed by atoms with Gasteiger partial charge < -0.3 is 33.3 Å². The molecule has 0 aromatic heterocycles. The van der Waals surface area contributed by atoms with E-state index in [1.807, 2.05) is 21.1 Å². The van der Waals surface area contributed by atoms with Crippen LogP contribution in [0.25, 0.3) is 0 Å². The Morgan fingerprint density at radius 3 is 1.06 bits per heavy atom. The zero-order valence-electron chi connectivity index (χ0n) is 47.2. The minimum Gasteiger partial charge on any atom is -0.545 e. The van der Waals surface area contributed by atoms with Crippen molar-refractivity contribution in [2.75, 3.05) is 47.5 Å². The number of ether oxygens (including phenoxy) is 4. The van der Waals surface area contributed by atoms with Gasteiger partial charge in [-0.05, 0) is 38.5 Å². The molecule has 0 aliphatic rings. The predicted octanol–water partition coefficient (Wildman–Crippen LogP) is 16.4. The van der Waals surface area contributed by atoms with E-state index in [1.54, 1.807) is 0 Å². The van der Waals surface area contributed by atoms with Gasteiger partial charge in [-0.1, -0.05) is 264 Å². The summed E-state index contributed by atoms with van der Waals surface area (Å²) in [5.41, 5.74) is 0. The highest BCUT2D eigenvalue weighted by Gasteiger charge is 2.22. The molecule has 2 unspecified atom stereocenters. The van der Waals surface area contributed by atoms with Gasteiger partial charge in [0.1, 0.15) is 13.2 Å². The van der Waals surface area contributed by atoms with Crippen LogP contribution in [0.4, 0.5) is 0 Å². The van der Waals surface area contributed by atoms with E-state index in [1.165, 1.54) is 238 Å². The number of rotatable bonds is 57. The van der Waals surface area contributed by atoms with Crippen LogP contribution in [0.3, 0.4) is 0 Å². The average Bonchev–Trinajstić information content (AvgIpc) is 3.33. The SMILES string of the molecule is CCCCCCCCCC/C=C\CCCCCCCCCCCCCCCCCC(=O)OC(COC(=O)CCCCCCCCCCCCCCCCCCCC)COC(OCC[N+](C)(C)C)C(=O)[O-]. The predicted molar refractivity (Wildman–Crippen MR) is 293 cm³/mol. The van der Waals surface area contributed by atoms with Crippen molar-refractivity contribution in [2.24, 2.45) is 0 Å². The topological polar surface area (TPSA) is 111 Å². The number of carbonyl (C=O) groups is 3. The quantitative estimate of drug-likeness (QED) is 0.0195. The molecule has 0 saturated heterocycles. The molecule has 0 aliphatic carbocycles. The van der Waals surface area contributed by atoms with Gasteiger partial charge in [-0.25, -0.2) is 0 Å². The van der Waals surface area contributed by atoms with Gasteiger partial charge in [-0.2, -0.15) is 0 Å². The van der Waals surface area contributed by atoms with E-state index < -0.39 is 24.3 Å². The fourth-order valence-electron chi connectivity index (χ4n) is 9.06. The molecule has 0 heterocycles. The molecule has 2 atom stereocenters. The van der Waals surface area contributed by atoms with Crippen LogP contribution in [0.5, 0.6) is 0 Å². The van der Waals surface area contributed by atoms with E-state index in [0.717, 1.165) is 38.5 Å².